The van der Waals surface area contributed by atoms with E-state index in [-0.39, 0.29) is 0 Å². The van der Waals surface area contributed by atoms with Crippen LogP contribution in [0, 0.1) is 0 Å². The van der Waals surface area contributed by atoms with Crippen molar-refractivity contribution in [1.29, 1.82) is 0 Å². The SMILES string of the molecule is O=C(O)CC1(O)CC(=O)[O][Al][O]C1=O. The molecule has 1 aliphatic heterocycles. The number of carboxylic acids is 1. The van der Waals surface area contributed by atoms with Crippen molar-refractivity contribution in [2.75, 3.05) is 0 Å². The zero-order valence-corrected chi connectivity index (χ0v) is 8.08. The maximum absolute atomic E-state index is 11.1. The van der Waals surface area contributed by atoms with Crippen molar-refractivity contribution in [3.05, 3.63) is 0 Å². The van der Waals surface area contributed by atoms with Gasteiger partial charge in [-0.05, 0) is 0 Å². The standard InChI is InChI=1S/C6H8O7.Al/c7-3(8)1-6(13,5(11)12)2-4(9)10;/h13H,1-2H2,(H,7,8)(H,9,10)(H,11,12);/q;+2/p-2. The molecule has 1 rings (SSSR count). The first-order valence-electron chi connectivity index (χ1n) is 3.60. The van der Waals surface area contributed by atoms with Gasteiger partial charge in [0.2, 0.25) is 0 Å². The molecule has 1 aliphatic rings. The average molecular weight is 217 g/mol. The van der Waals surface area contributed by atoms with Gasteiger partial charge >= 0.3 is 27.8 Å². The molecule has 1 heterocycles. The van der Waals surface area contributed by atoms with E-state index < -0.39 is 52.2 Å². The molecule has 1 saturated heterocycles. The predicted molar refractivity (Wildman–Crippen MR) is 39.8 cm³/mol. The molecular formula is C6H6AlO7. The van der Waals surface area contributed by atoms with Crippen LogP contribution in [0.4, 0.5) is 0 Å². The third kappa shape index (κ3) is 2.45. The van der Waals surface area contributed by atoms with Gasteiger partial charge in [-0.2, -0.15) is 0 Å². The smallest absolute Gasteiger partial charge is 0.589 e. The first-order valence-corrected chi connectivity index (χ1v) is 4.55. The Morgan fingerprint density at radius 1 is 1.50 bits per heavy atom. The van der Waals surface area contributed by atoms with Crippen LogP contribution in [-0.4, -0.2) is 49.6 Å². The number of carbonyl (C=O) groups excluding carboxylic acids is 2. The van der Waals surface area contributed by atoms with E-state index in [0.717, 1.165) is 0 Å². The maximum Gasteiger partial charge on any atom is 0.885 e. The predicted octanol–water partition coefficient (Wildman–Crippen LogP) is -1.78. The van der Waals surface area contributed by atoms with Gasteiger partial charge in [-0.3, -0.25) is 14.4 Å². The van der Waals surface area contributed by atoms with Gasteiger partial charge in [0.1, 0.15) is 0 Å². The molecule has 0 bridgehead atoms. The molecule has 0 aliphatic carbocycles. The van der Waals surface area contributed by atoms with Crippen LogP contribution in [0.3, 0.4) is 0 Å². The number of aliphatic carboxylic acids is 1. The van der Waals surface area contributed by atoms with Gasteiger partial charge in [-0.15, -0.1) is 0 Å². The molecule has 1 unspecified atom stereocenters. The van der Waals surface area contributed by atoms with Crippen molar-refractivity contribution in [2.24, 2.45) is 0 Å². The lowest BCUT2D eigenvalue weighted by molar-refractivity contribution is -0.164. The highest BCUT2D eigenvalue weighted by atomic mass is 27.2. The number of carboxylic acid groups (broad SMARTS) is 1. The summed E-state index contributed by atoms with van der Waals surface area (Å²) in [4.78, 5) is 32.2. The third-order valence-electron chi connectivity index (χ3n) is 1.60. The normalized spacial score (nSPS) is 26.9. The van der Waals surface area contributed by atoms with Gasteiger partial charge < -0.3 is 17.8 Å². The van der Waals surface area contributed by atoms with Crippen LogP contribution in [0.15, 0.2) is 0 Å². The zero-order chi connectivity index (χ0) is 10.8. The van der Waals surface area contributed by atoms with Crippen molar-refractivity contribution >= 4 is 33.8 Å². The molecule has 75 valence electrons. The van der Waals surface area contributed by atoms with Crippen LogP contribution in [0.1, 0.15) is 12.8 Å². The summed E-state index contributed by atoms with van der Waals surface area (Å²) in [6.07, 6.45) is -1.56. The Hall–Kier alpha value is -1.10. The molecule has 0 aromatic rings. The monoisotopic (exact) mass is 217 g/mol. The highest BCUT2D eigenvalue weighted by Crippen LogP contribution is 2.20. The molecule has 0 aromatic heterocycles. The van der Waals surface area contributed by atoms with Crippen LogP contribution >= 0.6 is 0 Å². The fourth-order valence-electron chi connectivity index (χ4n) is 0.969. The minimum atomic E-state index is -2.30. The average Bonchev–Trinajstić information content (AvgIpc) is 2.11. The number of rotatable bonds is 2. The van der Waals surface area contributed by atoms with Gasteiger partial charge in [0.05, 0.1) is 12.8 Å². The molecule has 0 spiro atoms. The molecule has 2 N–H and O–H groups in total. The lowest BCUT2D eigenvalue weighted by atomic mass is 9.96. The quantitative estimate of drug-likeness (QED) is 0.526. The van der Waals surface area contributed by atoms with Crippen LogP contribution in [0.5, 0.6) is 0 Å². The summed E-state index contributed by atoms with van der Waals surface area (Å²) in [5.74, 6) is -3.36. The summed E-state index contributed by atoms with van der Waals surface area (Å²) < 4.78 is 8.78. The van der Waals surface area contributed by atoms with Crippen LogP contribution in [0.25, 0.3) is 0 Å². The second kappa shape index (κ2) is 3.96. The fourth-order valence-corrected chi connectivity index (χ4v) is 1.51. The fraction of sp³-hybridized carbons (Fsp3) is 0.500. The zero-order valence-electron chi connectivity index (χ0n) is 6.93. The van der Waals surface area contributed by atoms with E-state index in [9.17, 15) is 19.5 Å². The Labute approximate surface area is 85.0 Å². The van der Waals surface area contributed by atoms with Crippen LogP contribution in [0.2, 0.25) is 0 Å². The van der Waals surface area contributed by atoms with Crippen molar-refractivity contribution in [2.45, 2.75) is 18.4 Å². The molecule has 7 nitrogen and oxygen atoms in total. The number of aliphatic hydroxyl groups is 1. The summed E-state index contributed by atoms with van der Waals surface area (Å²) in [6.45, 7) is 0. The first-order chi connectivity index (χ1) is 6.44. The van der Waals surface area contributed by atoms with Crippen molar-refractivity contribution in [3.63, 3.8) is 0 Å². The van der Waals surface area contributed by atoms with E-state index in [1.807, 2.05) is 0 Å². The van der Waals surface area contributed by atoms with Gasteiger partial charge in [-0.25, -0.2) is 0 Å². The molecule has 0 aromatic carbocycles. The molecule has 0 saturated carbocycles. The van der Waals surface area contributed by atoms with Crippen molar-refractivity contribution in [3.8, 4) is 0 Å². The molecule has 1 atom stereocenters. The number of carbonyl (C=O) groups is 3. The van der Waals surface area contributed by atoms with Crippen LogP contribution in [-0.2, 0) is 22.0 Å². The summed E-state index contributed by atoms with van der Waals surface area (Å²) in [5, 5.41) is 17.9. The Kier molecular flexibility index (Phi) is 3.11. The Morgan fingerprint density at radius 2 is 2.14 bits per heavy atom. The molecular weight excluding hydrogens is 211 g/mol. The summed E-state index contributed by atoms with van der Waals surface area (Å²) in [6, 6.07) is 0. The van der Waals surface area contributed by atoms with E-state index in [1.165, 1.54) is 0 Å². The van der Waals surface area contributed by atoms with E-state index in [0.29, 0.717) is 0 Å². The minimum Gasteiger partial charge on any atom is -0.589 e. The second-order valence-corrected chi connectivity index (χ2v) is 3.43. The van der Waals surface area contributed by atoms with Gasteiger partial charge in [0.25, 0.3) is 5.97 Å². The number of hydrogen-bond donors (Lipinski definition) is 2. The van der Waals surface area contributed by atoms with E-state index in [1.54, 1.807) is 0 Å². The summed E-state index contributed by atoms with van der Waals surface area (Å²) in [7, 11) is 0. The Balaban J connectivity index is 2.84. The van der Waals surface area contributed by atoms with Gasteiger partial charge in [-0.1, -0.05) is 0 Å². The third-order valence-corrected chi connectivity index (χ3v) is 2.26. The molecule has 1 radical (unpaired) electrons. The van der Waals surface area contributed by atoms with Crippen molar-refractivity contribution in [1.82, 2.24) is 0 Å². The highest BCUT2D eigenvalue weighted by Gasteiger charge is 2.45. The van der Waals surface area contributed by atoms with Gasteiger partial charge in [0.15, 0.2) is 5.60 Å². The molecule has 8 heteroatoms. The second-order valence-electron chi connectivity index (χ2n) is 2.77. The van der Waals surface area contributed by atoms with Gasteiger partial charge in [0, 0.05) is 0 Å². The Bertz CT molecular complexity index is 288. The maximum atomic E-state index is 11.1. The highest BCUT2D eigenvalue weighted by molar-refractivity contribution is 6.27. The number of hydrogen-bond acceptors (Lipinski definition) is 6. The first kappa shape index (κ1) is 11.0. The van der Waals surface area contributed by atoms with E-state index >= 15 is 0 Å². The topological polar surface area (TPSA) is 110 Å². The largest absolute Gasteiger partial charge is 0.885 e. The minimum absolute atomic E-state index is 0.689. The lowest BCUT2D eigenvalue weighted by Crippen LogP contribution is -2.42. The van der Waals surface area contributed by atoms with E-state index in [2.05, 4.69) is 7.58 Å². The lowest BCUT2D eigenvalue weighted by Gasteiger charge is -2.20. The Morgan fingerprint density at radius 3 is 2.71 bits per heavy atom. The summed E-state index contributed by atoms with van der Waals surface area (Å²) >= 11 is -1.30. The molecule has 1 fully saturated rings. The summed E-state index contributed by atoms with van der Waals surface area (Å²) in [5.41, 5.74) is -2.30. The van der Waals surface area contributed by atoms with E-state index in [4.69, 9.17) is 5.11 Å². The van der Waals surface area contributed by atoms with Crippen LogP contribution < -0.4 is 0 Å². The van der Waals surface area contributed by atoms with Crippen molar-refractivity contribution < 1.29 is 32.2 Å². The molecule has 14 heavy (non-hydrogen) atoms. The molecule has 0 amide bonds.